The lowest BCUT2D eigenvalue weighted by Gasteiger charge is -2.40. The van der Waals surface area contributed by atoms with Gasteiger partial charge >= 0.3 is 5.97 Å². The average Bonchev–Trinajstić information content (AvgIpc) is 3.68. The summed E-state index contributed by atoms with van der Waals surface area (Å²) < 4.78 is 12.5. The van der Waals surface area contributed by atoms with Crippen LogP contribution in [0, 0.1) is 0 Å². The summed E-state index contributed by atoms with van der Waals surface area (Å²) in [4.78, 5) is 48.1. The molecule has 0 bridgehead atoms. The Hall–Kier alpha value is -4.70. The summed E-state index contributed by atoms with van der Waals surface area (Å²) >= 11 is 6.10. The van der Waals surface area contributed by atoms with Crippen molar-refractivity contribution in [2.75, 3.05) is 19.0 Å². The second kappa shape index (κ2) is 13.6. The van der Waals surface area contributed by atoms with E-state index in [1.165, 1.54) is 31.6 Å². The topological polar surface area (TPSA) is 124 Å². The summed E-state index contributed by atoms with van der Waals surface area (Å²) in [5.74, 6) is 0.412. The van der Waals surface area contributed by atoms with Gasteiger partial charge in [0.05, 0.1) is 24.4 Å². The van der Waals surface area contributed by atoms with E-state index in [2.05, 4.69) is 29.9 Å². The number of nitrogens with zero attached hydrogens (tertiary/aromatic N) is 3. The molecule has 0 spiro atoms. The molecular formula is C36H38ClN5O5. The molecule has 0 aliphatic heterocycles. The first-order valence-electron chi connectivity index (χ1n) is 16.0. The molecule has 47 heavy (non-hydrogen) atoms. The van der Waals surface area contributed by atoms with Crippen molar-refractivity contribution >= 4 is 52.1 Å². The zero-order valence-electron chi connectivity index (χ0n) is 26.8. The molecule has 2 saturated carbocycles. The maximum absolute atomic E-state index is 13.8. The van der Waals surface area contributed by atoms with Crippen LogP contribution in [0.3, 0.4) is 0 Å². The van der Waals surface area contributed by atoms with Gasteiger partial charge in [0.15, 0.2) is 5.82 Å². The van der Waals surface area contributed by atoms with Gasteiger partial charge in [-0.1, -0.05) is 30.5 Å². The third kappa shape index (κ3) is 6.47. The molecule has 2 aliphatic carbocycles. The van der Waals surface area contributed by atoms with Gasteiger partial charge in [0.2, 0.25) is 5.91 Å². The number of fused-ring (bicyclic) bond motifs is 1. The fourth-order valence-corrected chi connectivity index (χ4v) is 6.77. The Labute approximate surface area is 278 Å². The number of anilines is 1. The Kier molecular flexibility index (Phi) is 9.31. The zero-order chi connectivity index (χ0) is 33.1. The fraction of sp³-hybridized carbons (Fsp3) is 0.361. The van der Waals surface area contributed by atoms with Crippen molar-refractivity contribution in [2.24, 2.45) is 7.05 Å². The minimum Gasteiger partial charge on any atom is -0.493 e. The minimum atomic E-state index is -1.03. The maximum Gasteiger partial charge on any atom is 0.330 e. The van der Waals surface area contributed by atoms with Gasteiger partial charge in [0.1, 0.15) is 11.3 Å². The van der Waals surface area contributed by atoms with Crippen LogP contribution in [0.1, 0.15) is 79.3 Å². The quantitative estimate of drug-likeness (QED) is 0.142. The summed E-state index contributed by atoms with van der Waals surface area (Å²) in [6.45, 7) is 2.25. The molecule has 244 valence electrons. The first kappa shape index (κ1) is 32.2. The molecule has 2 N–H and O–H groups in total. The van der Waals surface area contributed by atoms with E-state index >= 15 is 0 Å². The number of rotatable bonds is 10. The molecule has 11 heteroatoms. The largest absolute Gasteiger partial charge is 0.493 e. The Bertz CT molecular complexity index is 1860. The van der Waals surface area contributed by atoms with Crippen LogP contribution in [0.2, 0.25) is 5.02 Å². The van der Waals surface area contributed by atoms with Gasteiger partial charge < -0.3 is 24.7 Å². The Morgan fingerprint density at radius 3 is 2.47 bits per heavy atom. The van der Waals surface area contributed by atoms with E-state index in [0.29, 0.717) is 58.8 Å². The number of amides is 2. The lowest BCUT2D eigenvalue weighted by atomic mass is 9.75. The predicted octanol–water partition coefficient (Wildman–Crippen LogP) is 6.82. The SMILES string of the molecule is CCOc1cc(NC(=O)C2(NC(=O)c3ccc4c(C5CCCC5)c(-c5ncc(Cl)cn5)n(C)c4c3)CCC2)ccc1/C=C/C(=O)OC. The molecule has 10 nitrogen and oxygen atoms in total. The van der Waals surface area contributed by atoms with Crippen LogP contribution in [0.4, 0.5) is 5.69 Å². The summed E-state index contributed by atoms with van der Waals surface area (Å²) in [5.41, 5.74) is 3.68. The van der Waals surface area contributed by atoms with Gasteiger partial charge in [0, 0.05) is 59.3 Å². The van der Waals surface area contributed by atoms with Gasteiger partial charge in [-0.25, -0.2) is 14.8 Å². The van der Waals surface area contributed by atoms with Crippen LogP contribution in [-0.4, -0.2) is 51.6 Å². The fourth-order valence-electron chi connectivity index (χ4n) is 6.68. The van der Waals surface area contributed by atoms with E-state index in [4.69, 9.17) is 16.3 Å². The minimum absolute atomic E-state index is 0.289. The normalized spacial score (nSPS) is 15.8. The summed E-state index contributed by atoms with van der Waals surface area (Å²) in [5, 5.41) is 7.59. The highest BCUT2D eigenvalue weighted by Gasteiger charge is 2.45. The van der Waals surface area contributed by atoms with Crippen molar-refractivity contribution in [2.45, 2.75) is 63.3 Å². The number of halogens is 1. The molecule has 6 rings (SSSR count). The molecule has 2 heterocycles. The number of hydrogen-bond donors (Lipinski definition) is 2. The summed E-state index contributed by atoms with van der Waals surface area (Å²) in [6, 6.07) is 10.9. The molecule has 4 aromatic rings. The van der Waals surface area contributed by atoms with Crippen molar-refractivity contribution in [1.29, 1.82) is 0 Å². The van der Waals surface area contributed by atoms with Crippen LogP contribution < -0.4 is 15.4 Å². The standard InChI is InChI=1S/C36H38ClN5O5/c1-4-47-29-19-26(13-10-22(29)12-15-30(43)46-3)40-35(45)36(16-7-17-36)41-34(44)24-11-14-27-28(18-24)42(2)32(31(27)23-8-5-6-9-23)33-38-20-25(37)21-39-33/h10-15,18-21,23H,4-9,16-17H2,1-3H3,(H,40,45)(H,41,44)/b15-12+. The lowest BCUT2D eigenvalue weighted by molar-refractivity contribution is -0.134. The second-order valence-electron chi connectivity index (χ2n) is 12.1. The molecule has 0 radical (unpaired) electrons. The number of benzene rings is 2. The van der Waals surface area contributed by atoms with Crippen molar-refractivity contribution < 1.29 is 23.9 Å². The van der Waals surface area contributed by atoms with E-state index < -0.39 is 11.5 Å². The molecule has 0 atom stereocenters. The van der Waals surface area contributed by atoms with Gasteiger partial charge in [0.25, 0.3) is 5.91 Å². The highest BCUT2D eigenvalue weighted by Crippen LogP contribution is 2.44. The van der Waals surface area contributed by atoms with Crippen LogP contribution in [0.5, 0.6) is 5.75 Å². The molecule has 0 saturated heterocycles. The third-order valence-corrected chi connectivity index (χ3v) is 9.46. The number of methoxy groups -OCH3 is 1. The second-order valence-corrected chi connectivity index (χ2v) is 12.6. The first-order valence-corrected chi connectivity index (χ1v) is 16.4. The van der Waals surface area contributed by atoms with E-state index in [1.807, 2.05) is 32.2 Å². The van der Waals surface area contributed by atoms with E-state index in [9.17, 15) is 14.4 Å². The molecule has 2 fully saturated rings. The van der Waals surface area contributed by atoms with Gasteiger partial charge in [-0.2, -0.15) is 0 Å². The smallest absolute Gasteiger partial charge is 0.330 e. The van der Waals surface area contributed by atoms with Crippen LogP contribution in [0.25, 0.3) is 28.5 Å². The molecule has 2 aromatic heterocycles. The Morgan fingerprint density at radius 1 is 1.06 bits per heavy atom. The first-order chi connectivity index (χ1) is 22.7. The monoisotopic (exact) mass is 655 g/mol. The molecule has 2 amide bonds. The molecular weight excluding hydrogens is 618 g/mol. The molecule has 0 unspecified atom stereocenters. The summed E-state index contributed by atoms with van der Waals surface area (Å²) in [7, 11) is 3.29. The van der Waals surface area contributed by atoms with Crippen molar-refractivity contribution in [3.8, 4) is 17.3 Å². The highest BCUT2D eigenvalue weighted by molar-refractivity contribution is 6.30. The van der Waals surface area contributed by atoms with Crippen LogP contribution >= 0.6 is 11.6 Å². The Balaban J connectivity index is 1.25. The van der Waals surface area contributed by atoms with Crippen molar-refractivity contribution in [1.82, 2.24) is 19.9 Å². The number of hydrogen-bond acceptors (Lipinski definition) is 7. The van der Waals surface area contributed by atoms with Crippen LogP contribution in [0.15, 0.2) is 54.9 Å². The number of nitrogens with one attached hydrogen (secondary N) is 2. The van der Waals surface area contributed by atoms with Crippen LogP contribution in [-0.2, 0) is 21.4 Å². The third-order valence-electron chi connectivity index (χ3n) is 9.26. The predicted molar refractivity (Wildman–Crippen MR) is 182 cm³/mol. The maximum atomic E-state index is 13.8. The zero-order valence-corrected chi connectivity index (χ0v) is 27.5. The molecule has 2 aliphatic rings. The molecule has 2 aromatic carbocycles. The number of esters is 1. The average molecular weight is 656 g/mol. The van der Waals surface area contributed by atoms with Gasteiger partial charge in [-0.05, 0) is 80.9 Å². The van der Waals surface area contributed by atoms with E-state index in [1.54, 1.807) is 36.7 Å². The summed E-state index contributed by atoms with van der Waals surface area (Å²) in [6.07, 6.45) is 12.5. The van der Waals surface area contributed by atoms with Gasteiger partial charge in [-0.3, -0.25) is 9.59 Å². The van der Waals surface area contributed by atoms with Gasteiger partial charge in [-0.15, -0.1) is 0 Å². The van der Waals surface area contributed by atoms with Crippen molar-refractivity contribution in [3.63, 3.8) is 0 Å². The number of carbonyl (C=O) groups excluding carboxylic acids is 3. The lowest BCUT2D eigenvalue weighted by Crippen LogP contribution is -2.61. The number of aryl methyl sites for hydroxylation is 1. The van der Waals surface area contributed by atoms with Crippen molar-refractivity contribution in [3.05, 3.63) is 76.6 Å². The Morgan fingerprint density at radius 2 is 1.81 bits per heavy atom. The number of aromatic nitrogens is 3. The number of carbonyl (C=O) groups is 3. The van der Waals surface area contributed by atoms with E-state index in [0.717, 1.165) is 35.9 Å². The van der Waals surface area contributed by atoms with E-state index in [-0.39, 0.29) is 11.8 Å². The number of ether oxygens (including phenoxy) is 2. The highest BCUT2D eigenvalue weighted by atomic mass is 35.5.